The van der Waals surface area contributed by atoms with E-state index in [1.54, 1.807) is 12.5 Å². The SMILES string of the molecule is [N-]=[N+]=NCCCCn1cnc2cccnc21. The van der Waals surface area contributed by atoms with Gasteiger partial charge < -0.3 is 4.57 Å². The van der Waals surface area contributed by atoms with Crippen LogP contribution in [0.1, 0.15) is 12.8 Å². The van der Waals surface area contributed by atoms with E-state index in [1.807, 2.05) is 16.7 Å². The molecule has 0 saturated heterocycles. The van der Waals surface area contributed by atoms with E-state index in [0.717, 1.165) is 30.6 Å². The third-order valence-electron chi connectivity index (χ3n) is 2.34. The van der Waals surface area contributed by atoms with E-state index >= 15 is 0 Å². The summed E-state index contributed by atoms with van der Waals surface area (Å²) in [6, 6.07) is 3.82. The molecule has 0 aliphatic rings. The van der Waals surface area contributed by atoms with Crippen LogP contribution in [0.2, 0.25) is 0 Å². The van der Waals surface area contributed by atoms with Crippen LogP contribution < -0.4 is 0 Å². The van der Waals surface area contributed by atoms with Crippen LogP contribution in [0.5, 0.6) is 0 Å². The van der Waals surface area contributed by atoms with Gasteiger partial charge in [-0.1, -0.05) is 5.11 Å². The topological polar surface area (TPSA) is 79.5 Å². The number of hydrogen-bond donors (Lipinski definition) is 0. The molecule has 16 heavy (non-hydrogen) atoms. The first-order valence-corrected chi connectivity index (χ1v) is 5.18. The highest BCUT2D eigenvalue weighted by molar-refractivity contribution is 5.69. The number of fused-ring (bicyclic) bond motifs is 1. The predicted molar refractivity (Wildman–Crippen MR) is 60.8 cm³/mol. The lowest BCUT2D eigenvalue weighted by Gasteiger charge is -2.01. The molecule has 0 atom stereocenters. The summed E-state index contributed by atoms with van der Waals surface area (Å²) in [5.74, 6) is 0. The van der Waals surface area contributed by atoms with Crippen LogP contribution >= 0.6 is 0 Å². The number of hydrogen-bond acceptors (Lipinski definition) is 3. The highest BCUT2D eigenvalue weighted by atomic mass is 15.1. The average Bonchev–Trinajstić information content (AvgIpc) is 2.73. The fraction of sp³-hybridized carbons (Fsp3) is 0.400. The van der Waals surface area contributed by atoms with Gasteiger partial charge in [0.15, 0.2) is 5.65 Å². The molecule has 2 rings (SSSR count). The third kappa shape index (κ3) is 2.29. The summed E-state index contributed by atoms with van der Waals surface area (Å²) in [4.78, 5) is 11.2. The number of azide groups is 1. The van der Waals surface area contributed by atoms with E-state index in [2.05, 4.69) is 20.0 Å². The summed E-state index contributed by atoms with van der Waals surface area (Å²) in [7, 11) is 0. The van der Waals surface area contributed by atoms with Crippen LogP contribution in [-0.4, -0.2) is 21.1 Å². The molecule has 0 radical (unpaired) electrons. The van der Waals surface area contributed by atoms with E-state index in [1.165, 1.54) is 0 Å². The monoisotopic (exact) mass is 216 g/mol. The number of pyridine rings is 1. The molecule has 0 aliphatic heterocycles. The Morgan fingerprint density at radius 2 is 2.31 bits per heavy atom. The van der Waals surface area contributed by atoms with Crippen LogP contribution in [0.15, 0.2) is 29.8 Å². The van der Waals surface area contributed by atoms with Crippen molar-refractivity contribution in [3.05, 3.63) is 35.1 Å². The number of aromatic nitrogens is 3. The van der Waals surface area contributed by atoms with Gasteiger partial charge in [-0.15, -0.1) is 0 Å². The Balaban J connectivity index is 1.96. The third-order valence-corrected chi connectivity index (χ3v) is 2.34. The van der Waals surface area contributed by atoms with Gasteiger partial charge in [-0.25, -0.2) is 9.97 Å². The molecule has 6 heteroatoms. The van der Waals surface area contributed by atoms with Crippen molar-refractivity contribution in [2.45, 2.75) is 19.4 Å². The maximum Gasteiger partial charge on any atom is 0.159 e. The minimum absolute atomic E-state index is 0.552. The van der Waals surface area contributed by atoms with Gasteiger partial charge in [0.1, 0.15) is 5.52 Å². The molecule has 0 bridgehead atoms. The number of nitrogens with zero attached hydrogens (tertiary/aromatic N) is 6. The Morgan fingerprint density at radius 3 is 3.19 bits per heavy atom. The molecule has 0 spiro atoms. The van der Waals surface area contributed by atoms with Gasteiger partial charge in [0.2, 0.25) is 0 Å². The second-order valence-electron chi connectivity index (χ2n) is 3.45. The molecule has 0 amide bonds. The largest absolute Gasteiger partial charge is 0.315 e. The van der Waals surface area contributed by atoms with Crippen LogP contribution in [-0.2, 0) is 6.54 Å². The maximum absolute atomic E-state index is 8.12. The maximum atomic E-state index is 8.12. The minimum atomic E-state index is 0.552. The van der Waals surface area contributed by atoms with Gasteiger partial charge in [0.05, 0.1) is 6.33 Å². The number of rotatable bonds is 5. The van der Waals surface area contributed by atoms with Gasteiger partial charge in [0.25, 0.3) is 0 Å². The van der Waals surface area contributed by atoms with Gasteiger partial charge in [-0.2, -0.15) is 0 Å². The Bertz CT molecular complexity index is 511. The molecular weight excluding hydrogens is 204 g/mol. The van der Waals surface area contributed by atoms with E-state index in [0.29, 0.717) is 6.54 Å². The van der Waals surface area contributed by atoms with Crippen molar-refractivity contribution < 1.29 is 0 Å². The van der Waals surface area contributed by atoms with E-state index in [-0.39, 0.29) is 0 Å². The lowest BCUT2D eigenvalue weighted by Crippen LogP contribution is -1.97. The zero-order valence-corrected chi connectivity index (χ0v) is 8.82. The minimum Gasteiger partial charge on any atom is -0.315 e. The standard InChI is InChI=1S/C10H12N6/c11-15-14-6-1-2-7-16-8-13-9-4-3-5-12-10(9)16/h3-5,8H,1-2,6-7H2. The van der Waals surface area contributed by atoms with Gasteiger partial charge in [-0.05, 0) is 30.5 Å². The number of aryl methyl sites for hydroxylation is 1. The average molecular weight is 216 g/mol. The zero-order chi connectivity index (χ0) is 11.2. The summed E-state index contributed by atoms with van der Waals surface area (Å²) >= 11 is 0. The van der Waals surface area contributed by atoms with Crippen LogP contribution in [0.25, 0.3) is 21.6 Å². The Hall–Kier alpha value is -2.07. The highest BCUT2D eigenvalue weighted by Gasteiger charge is 2.01. The number of imidazole rings is 1. The molecule has 0 unspecified atom stereocenters. The van der Waals surface area contributed by atoms with Gasteiger partial charge >= 0.3 is 0 Å². The molecule has 2 heterocycles. The lowest BCUT2D eigenvalue weighted by molar-refractivity contribution is 0.623. The molecule has 2 aromatic heterocycles. The van der Waals surface area contributed by atoms with Crippen molar-refractivity contribution in [3.8, 4) is 0 Å². The normalized spacial score (nSPS) is 10.2. The molecular formula is C10H12N6. The van der Waals surface area contributed by atoms with Crippen LogP contribution in [0, 0.1) is 0 Å². The van der Waals surface area contributed by atoms with Crippen molar-refractivity contribution >= 4 is 11.2 Å². The molecule has 0 N–H and O–H groups in total. The molecule has 0 aromatic carbocycles. The van der Waals surface area contributed by atoms with Gasteiger partial charge in [0, 0.05) is 24.2 Å². The van der Waals surface area contributed by atoms with Gasteiger partial charge in [-0.3, -0.25) is 0 Å². The predicted octanol–water partition coefficient (Wildman–Crippen LogP) is 2.52. The molecule has 0 saturated carbocycles. The first-order valence-electron chi connectivity index (χ1n) is 5.18. The van der Waals surface area contributed by atoms with Crippen molar-refractivity contribution in [1.82, 2.24) is 14.5 Å². The first kappa shape index (κ1) is 10.4. The Labute approximate surface area is 92.6 Å². The fourth-order valence-corrected chi connectivity index (χ4v) is 1.57. The molecule has 6 nitrogen and oxygen atoms in total. The van der Waals surface area contributed by atoms with Crippen LogP contribution in [0.4, 0.5) is 0 Å². The summed E-state index contributed by atoms with van der Waals surface area (Å²) in [5, 5.41) is 3.49. The van der Waals surface area contributed by atoms with E-state index in [9.17, 15) is 0 Å². The van der Waals surface area contributed by atoms with Crippen molar-refractivity contribution in [1.29, 1.82) is 0 Å². The van der Waals surface area contributed by atoms with Crippen molar-refractivity contribution in [2.24, 2.45) is 5.11 Å². The van der Waals surface area contributed by atoms with Crippen molar-refractivity contribution in [3.63, 3.8) is 0 Å². The zero-order valence-electron chi connectivity index (χ0n) is 8.82. The summed E-state index contributed by atoms with van der Waals surface area (Å²) in [5.41, 5.74) is 9.95. The second kappa shape index (κ2) is 5.14. The molecule has 2 aromatic rings. The first-order chi connectivity index (χ1) is 7.92. The summed E-state index contributed by atoms with van der Waals surface area (Å²) < 4.78 is 2.02. The number of unbranched alkanes of at least 4 members (excludes halogenated alkanes) is 1. The van der Waals surface area contributed by atoms with Crippen molar-refractivity contribution in [2.75, 3.05) is 6.54 Å². The highest BCUT2D eigenvalue weighted by Crippen LogP contribution is 2.09. The molecule has 0 aliphatic carbocycles. The van der Waals surface area contributed by atoms with E-state index < -0.39 is 0 Å². The second-order valence-corrected chi connectivity index (χ2v) is 3.45. The smallest absolute Gasteiger partial charge is 0.159 e. The molecule has 82 valence electrons. The summed E-state index contributed by atoms with van der Waals surface area (Å²) in [6.07, 6.45) is 5.41. The molecule has 0 fully saturated rings. The summed E-state index contributed by atoms with van der Waals surface area (Å²) in [6.45, 7) is 1.41. The quantitative estimate of drug-likeness (QED) is 0.333. The van der Waals surface area contributed by atoms with E-state index in [4.69, 9.17) is 5.53 Å². The fourth-order valence-electron chi connectivity index (χ4n) is 1.57. The lowest BCUT2D eigenvalue weighted by atomic mass is 10.3. The Morgan fingerprint density at radius 1 is 1.38 bits per heavy atom. The Kier molecular flexibility index (Phi) is 3.35. The van der Waals surface area contributed by atoms with Crippen LogP contribution in [0.3, 0.4) is 0 Å².